The molecule has 7 nitrogen and oxygen atoms in total. The zero-order valence-electron chi connectivity index (χ0n) is 21.0. The monoisotopic (exact) mass is 521 g/mol. The first-order valence-electron chi connectivity index (χ1n) is 11.9. The van der Waals surface area contributed by atoms with E-state index < -0.39 is 16.1 Å². The average Bonchev–Trinajstić information content (AvgIpc) is 2.83. The minimum atomic E-state index is -3.52. The van der Waals surface area contributed by atoms with Crippen molar-refractivity contribution in [1.82, 2.24) is 10.2 Å². The van der Waals surface area contributed by atoms with E-state index in [9.17, 15) is 18.0 Å². The van der Waals surface area contributed by atoms with Crippen molar-refractivity contribution in [2.75, 3.05) is 23.7 Å². The molecule has 0 heterocycles. The number of anilines is 1. The molecule has 0 fully saturated rings. The topological polar surface area (TPSA) is 86.8 Å². The molecule has 0 bridgehead atoms. The standard InChI is InChI=1S/C26H36ClN3O4S/c1-5-17-28-26(32)20(3)29(19-22-9-13-23(27)14-10-22)25(31)8-7-18-30(35(4,33)34)24-15-11-21(6-2)12-16-24/h9-16,20H,5-8,17-19H2,1-4H3,(H,28,32). The number of aryl methyl sites for hydroxylation is 1. The van der Waals surface area contributed by atoms with E-state index in [4.69, 9.17) is 11.6 Å². The van der Waals surface area contributed by atoms with Crippen LogP contribution in [0.5, 0.6) is 0 Å². The van der Waals surface area contributed by atoms with Gasteiger partial charge in [-0.3, -0.25) is 13.9 Å². The fraction of sp³-hybridized carbons (Fsp3) is 0.462. The Balaban J connectivity index is 2.14. The minimum Gasteiger partial charge on any atom is -0.354 e. The second-order valence-electron chi connectivity index (χ2n) is 8.57. The lowest BCUT2D eigenvalue weighted by atomic mass is 10.1. The van der Waals surface area contributed by atoms with Crippen LogP contribution < -0.4 is 9.62 Å². The van der Waals surface area contributed by atoms with E-state index in [0.29, 0.717) is 23.7 Å². The van der Waals surface area contributed by atoms with Crippen molar-refractivity contribution in [3.63, 3.8) is 0 Å². The number of rotatable bonds is 13. The van der Waals surface area contributed by atoms with E-state index in [2.05, 4.69) is 5.32 Å². The van der Waals surface area contributed by atoms with E-state index >= 15 is 0 Å². The highest BCUT2D eigenvalue weighted by Gasteiger charge is 2.26. The molecule has 1 N–H and O–H groups in total. The largest absolute Gasteiger partial charge is 0.354 e. The van der Waals surface area contributed by atoms with Gasteiger partial charge in [0, 0.05) is 31.1 Å². The average molecular weight is 522 g/mol. The normalized spacial score (nSPS) is 12.1. The summed E-state index contributed by atoms with van der Waals surface area (Å²) in [7, 11) is -3.52. The van der Waals surface area contributed by atoms with Crippen molar-refractivity contribution in [3.05, 3.63) is 64.7 Å². The van der Waals surface area contributed by atoms with Gasteiger partial charge in [-0.25, -0.2) is 8.42 Å². The van der Waals surface area contributed by atoms with Crippen molar-refractivity contribution < 1.29 is 18.0 Å². The van der Waals surface area contributed by atoms with Gasteiger partial charge >= 0.3 is 0 Å². The Kier molecular flexibility index (Phi) is 11.0. The predicted octanol–water partition coefficient (Wildman–Crippen LogP) is 4.39. The fourth-order valence-corrected chi connectivity index (χ4v) is 4.76. The van der Waals surface area contributed by atoms with Crippen LogP contribution in [0.3, 0.4) is 0 Å². The molecule has 0 aliphatic heterocycles. The van der Waals surface area contributed by atoms with Crippen LogP contribution in [-0.4, -0.2) is 50.5 Å². The Morgan fingerprint density at radius 1 is 1.00 bits per heavy atom. The number of carbonyl (C=O) groups is 2. The number of benzene rings is 2. The van der Waals surface area contributed by atoms with Crippen LogP contribution >= 0.6 is 11.6 Å². The third-order valence-corrected chi connectivity index (χ3v) is 7.21. The quantitative estimate of drug-likeness (QED) is 0.423. The number of nitrogens with one attached hydrogen (secondary N) is 1. The summed E-state index contributed by atoms with van der Waals surface area (Å²) in [5, 5.41) is 3.44. The first-order valence-corrected chi connectivity index (χ1v) is 14.2. The van der Waals surface area contributed by atoms with Gasteiger partial charge in [-0.1, -0.05) is 49.7 Å². The molecular formula is C26H36ClN3O4S. The molecule has 0 aliphatic carbocycles. The maximum absolute atomic E-state index is 13.2. The van der Waals surface area contributed by atoms with Gasteiger partial charge in [-0.15, -0.1) is 0 Å². The molecule has 0 aromatic heterocycles. The molecule has 1 atom stereocenters. The summed E-state index contributed by atoms with van der Waals surface area (Å²) >= 11 is 5.98. The van der Waals surface area contributed by atoms with E-state index in [1.807, 2.05) is 38.1 Å². The number of hydrogen-bond donors (Lipinski definition) is 1. The van der Waals surface area contributed by atoms with Crippen LogP contribution in [0.1, 0.15) is 51.2 Å². The molecule has 35 heavy (non-hydrogen) atoms. The first-order chi connectivity index (χ1) is 16.6. The zero-order chi connectivity index (χ0) is 26.0. The number of sulfonamides is 1. The second kappa shape index (κ2) is 13.5. The maximum Gasteiger partial charge on any atom is 0.242 e. The highest BCUT2D eigenvalue weighted by atomic mass is 35.5. The van der Waals surface area contributed by atoms with E-state index in [1.54, 1.807) is 31.2 Å². The molecule has 0 saturated carbocycles. The summed E-state index contributed by atoms with van der Waals surface area (Å²) in [4.78, 5) is 27.4. The Bertz CT molecular complexity index is 1070. The Morgan fingerprint density at radius 3 is 2.14 bits per heavy atom. The first kappa shape index (κ1) is 28.7. The van der Waals surface area contributed by atoms with E-state index in [-0.39, 0.29) is 31.3 Å². The molecule has 2 amide bonds. The molecule has 2 aromatic rings. The van der Waals surface area contributed by atoms with Crippen molar-refractivity contribution in [2.24, 2.45) is 0 Å². The lowest BCUT2D eigenvalue weighted by molar-refractivity contribution is -0.140. The Morgan fingerprint density at radius 2 is 1.60 bits per heavy atom. The molecule has 0 aliphatic rings. The molecule has 0 saturated heterocycles. The SMILES string of the molecule is CCCNC(=O)C(C)N(Cc1ccc(Cl)cc1)C(=O)CCCN(c1ccc(CC)cc1)S(C)(=O)=O. The van der Waals surface area contributed by atoms with Crippen molar-refractivity contribution >= 4 is 39.1 Å². The molecule has 1 unspecified atom stereocenters. The van der Waals surface area contributed by atoms with Gasteiger partial charge in [-0.2, -0.15) is 0 Å². The number of carbonyl (C=O) groups excluding carboxylic acids is 2. The second-order valence-corrected chi connectivity index (χ2v) is 10.9. The van der Waals surface area contributed by atoms with Crippen molar-refractivity contribution in [2.45, 2.75) is 59.0 Å². The van der Waals surface area contributed by atoms with Crippen LogP contribution in [0.4, 0.5) is 5.69 Å². The lowest BCUT2D eigenvalue weighted by Crippen LogP contribution is -2.47. The van der Waals surface area contributed by atoms with Gasteiger partial charge in [0.2, 0.25) is 21.8 Å². The highest BCUT2D eigenvalue weighted by Crippen LogP contribution is 2.20. The van der Waals surface area contributed by atoms with Gasteiger partial charge in [-0.05, 0) is 61.6 Å². The van der Waals surface area contributed by atoms with Gasteiger partial charge < -0.3 is 10.2 Å². The van der Waals surface area contributed by atoms with E-state index in [1.165, 1.54) is 9.21 Å². The third kappa shape index (κ3) is 8.85. The molecule has 0 radical (unpaired) electrons. The van der Waals surface area contributed by atoms with Crippen molar-refractivity contribution in [3.8, 4) is 0 Å². The summed E-state index contributed by atoms with van der Waals surface area (Å²) in [6.07, 6.45) is 3.25. The molecule has 9 heteroatoms. The van der Waals surface area contributed by atoms with E-state index in [0.717, 1.165) is 30.2 Å². The van der Waals surface area contributed by atoms with Crippen LogP contribution in [0.15, 0.2) is 48.5 Å². The van der Waals surface area contributed by atoms with Crippen LogP contribution in [-0.2, 0) is 32.6 Å². The maximum atomic E-state index is 13.2. The molecular weight excluding hydrogens is 486 g/mol. The summed E-state index contributed by atoms with van der Waals surface area (Å²) in [5.41, 5.74) is 2.54. The summed E-state index contributed by atoms with van der Waals surface area (Å²) in [6.45, 7) is 6.66. The number of amides is 2. The van der Waals surface area contributed by atoms with Gasteiger partial charge in [0.1, 0.15) is 6.04 Å². The van der Waals surface area contributed by atoms with Gasteiger partial charge in [0.15, 0.2) is 0 Å². The van der Waals surface area contributed by atoms with Crippen LogP contribution in [0.2, 0.25) is 5.02 Å². The molecule has 0 spiro atoms. The highest BCUT2D eigenvalue weighted by molar-refractivity contribution is 7.92. The summed E-state index contributed by atoms with van der Waals surface area (Å²) < 4.78 is 26.2. The Hall–Kier alpha value is -2.58. The number of halogens is 1. The summed E-state index contributed by atoms with van der Waals surface area (Å²) in [5.74, 6) is -0.433. The van der Waals surface area contributed by atoms with Crippen LogP contribution in [0.25, 0.3) is 0 Å². The predicted molar refractivity (Wildman–Crippen MR) is 142 cm³/mol. The fourth-order valence-electron chi connectivity index (χ4n) is 3.67. The van der Waals surface area contributed by atoms with Gasteiger partial charge in [0.25, 0.3) is 0 Å². The number of nitrogens with zero attached hydrogens (tertiary/aromatic N) is 2. The molecule has 192 valence electrons. The summed E-state index contributed by atoms with van der Waals surface area (Å²) in [6, 6.07) is 13.9. The smallest absolute Gasteiger partial charge is 0.242 e. The Labute approximate surface area is 214 Å². The third-order valence-electron chi connectivity index (χ3n) is 5.77. The minimum absolute atomic E-state index is 0.109. The zero-order valence-corrected chi connectivity index (χ0v) is 22.5. The van der Waals surface area contributed by atoms with Crippen molar-refractivity contribution in [1.29, 1.82) is 0 Å². The lowest BCUT2D eigenvalue weighted by Gasteiger charge is -2.29. The van der Waals surface area contributed by atoms with Gasteiger partial charge in [0.05, 0.1) is 11.9 Å². The van der Waals surface area contributed by atoms with Crippen LogP contribution in [0, 0.1) is 0 Å². The molecule has 2 aromatic carbocycles. The number of hydrogen-bond acceptors (Lipinski definition) is 4. The molecule has 2 rings (SSSR count).